The fourth-order valence-corrected chi connectivity index (χ4v) is 2.84. The van der Waals surface area contributed by atoms with Gasteiger partial charge in [0.15, 0.2) is 0 Å². The molecular weight excluding hydrogens is 284 g/mol. The Bertz CT molecular complexity index is 464. The summed E-state index contributed by atoms with van der Waals surface area (Å²) in [4.78, 5) is 0. The van der Waals surface area contributed by atoms with E-state index in [0.717, 1.165) is 18.6 Å². The Morgan fingerprint density at radius 3 is 2.00 bits per heavy atom. The summed E-state index contributed by atoms with van der Waals surface area (Å²) in [6.07, 6.45) is 1.92. The van der Waals surface area contributed by atoms with Crippen LogP contribution in [0.1, 0.15) is 11.1 Å². The first-order valence-electron chi connectivity index (χ1n) is 6.72. The number of hydrogen-bond donors (Lipinski definition) is 0. The van der Waals surface area contributed by atoms with Crippen LogP contribution in [0, 0.1) is 0 Å². The van der Waals surface area contributed by atoms with E-state index in [1.54, 1.807) is 11.8 Å². The van der Waals surface area contributed by atoms with Gasteiger partial charge in [-0.15, -0.1) is 0 Å². The summed E-state index contributed by atoms with van der Waals surface area (Å²) in [5.41, 5.74) is 2.62. The van der Waals surface area contributed by atoms with Gasteiger partial charge >= 0.3 is 0 Å². The van der Waals surface area contributed by atoms with Crippen LogP contribution >= 0.6 is 24.0 Å². The zero-order valence-corrected chi connectivity index (χ0v) is 13.0. The summed E-state index contributed by atoms with van der Waals surface area (Å²) in [5, 5.41) is 0. The molecule has 0 N–H and O–H groups in total. The zero-order valence-electron chi connectivity index (χ0n) is 11.3. The maximum atomic E-state index is 5.58. The molecule has 0 radical (unpaired) electrons. The molecule has 2 aromatic rings. The summed E-state index contributed by atoms with van der Waals surface area (Å²) >= 11 is 6.84. The molecule has 20 heavy (non-hydrogen) atoms. The van der Waals surface area contributed by atoms with Crippen LogP contribution in [-0.2, 0) is 17.6 Å². The molecule has 0 atom stereocenters. The van der Waals surface area contributed by atoms with Crippen LogP contribution in [-0.4, -0.2) is 16.7 Å². The fourth-order valence-electron chi connectivity index (χ4n) is 1.84. The Labute approximate surface area is 130 Å². The second kappa shape index (κ2) is 8.77. The molecule has 3 heteroatoms. The second-order valence-electron chi connectivity index (χ2n) is 4.42. The Kier molecular flexibility index (Phi) is 6.61. The minimum Gasteiger partial charge on any atom is -0.478 e. The van der Waals surface area contributed by atoms with Crippen molar-refractivity contribution in [1.82, 2.24) is 0 Å². The van der Waals surface area contributed by atoms with Crippen molar-refractivity contribution in [3.05, 3.63) is 71.8 Å². The molecular formula is C17H18OS2. The van der Waals surface area contributed by atoms with Crippen LogP contribution in [0.15, 0.2) is 60.7 Å². The van der Waals surface area contributed by atoms with Gasteiger partial charge in [-0.3, -0.25) is 0 Å². The van der Waals surface area contributed by atoms with Gasteiger partial charge in [-0.1, -0.05) is 72.4 Å². The molecule has 0 unspecified atom stereocenters. The molecule has 0 aliphatic rings. The first-order valence-corrected chi connectivity index (χ1v) is 8.11. The molecule has 0 aliphatic carbocycles. The van der Waals surface area contributed by atoms with Gasteiger partial charge in [-0.25, -0.2) is 0 Å². The van der Waals surface area contributed by atoms with E-state index in [4.69, 9.17) is 17.0 Å². The van der Waals surface area contributed by atoms with Crippen molar-refractivity contribution in [2.75, 3.05) is 12.4 Å². The van der Waals surface area contributed by atoms with Gasteiger partial charge in [0.05, 0.1) is 6.61 Å². The molecule has 104 valence electrons. The summed E-state index contributed by atoms with van der Waals surface area (Å²) in [7, 11) is 0. The number of thioether (sulfide) groups is 1. The van der Waals surface area contributed by atoms with Crippen molar-refractivity contribution in [1.29, 1.82) is 0 Å². The Morgan fingerprint density at radius 1 is 0.850 bits per heavy atom. The first kappa shape index (κ1) is 15.1. The van der Waals surface area contributed by atoms with Gasteiger partial charge in [0, 0.05) is 12.2 Å². The zero-order chi connectivity index (χ0) is 14.0. The highest BCUT2D eigenvalue weighted by atomic mass is 32.2. The summed E-state index contributed by atoms with van der Waals surface area (Å²) in [6, 6.07) is 20.8. The standard InChI is InChI=1S/C17H18OS2/c19-17(18-13-11-15-7-3-1-4-8-15)20-14-12-16-9-5-2-6-10-16/h1-10H,11-14H2. The van der Waals surface area contributed by atoms with E-state index in [9.17, 15) is 0 Å². The van der Waals surface area contributed by atoms with Gasteiger partial charge in [0.1, 0.15) is 0 Å². The van der Waals surface area contributed by atoms with E-state index in [1.165, 1.54) is 11.1 Å². The van der Waals surface area contributed by atoms with Crippen molar-refractivity contribution in [3.63, 3.8) is 0 Å². The van der Waals surface area contributed by atoms with E-state index >= 15 is 0 Å². The summed E-state index contributed by atoms with van der Waals surface area (Å²) < 4.78 is 6.23. The predicted molar refractivity (Wildman–Crippen MR) is 91.3 cm³/mol. The highest BCUT2D eigenvalue weighted by Gasteiger charge is 2.00. The van der Waals surface area contributed by atoms with Crippen molar-refractivity contribution < 1.29 is 4.74 Å². The molecule has 0 saturated carbocycles. The lowest BCUT2D eigenvalue weighted by Gasteiger charge is -2.07. The minimum absolute atomic E-state index is 0.650. The fraction of sp³-hybridized carbons (Fsp3) is 0.235. The molecule has 0 saturated heterocycles. The lowest BCUT2D eigenvalue weighted by molar-refractivity contribution is 0.326. The van der Waals surface area contributed by atoms with Crippen molar-refractivity contribution in [2.24, 2.45) is 0 Å². The van der Waals surface area contributed by atoms with Crippen molar-refractivity contribution in [3.8, 4) is 0 Å². The lowest BCUT2D eigenvalue weighted by Crippen LogP contribution is -2.03. The first-order chi connectivity index (χ1) is 9.84. The van der Waals surface area contributed by atoms with Crippen molar-refractivity contribution in [2.45, 2.75) is 12.8 Å². The maximum Gasteiger partial charge on any atom is 0.219 e. The molecule has 0 amide bonds. The third-order valence-electron chi connectivity index (χ3n) is 2.91. The molecule has 2 aromatic carbocycles. The molecule has 2 rings (SSSR count). The molecule has 0 spiro atoms. The smallest absolute Gasteiger partial charge is 0.219 e. The monoisotopic (exact) mass is 302 g/mol. The van der Waals surface area contributed by atoms with E-state index in [0.29, 0.717) is 11.0 Å². The SMILES string of the molecule is S=C(OCCc1ccccc1)SCCc1ccccc1. The normalized spacial score (nSPS) is 10.2. The van der Waals surface area contributed by atoms with Crippen LogP contribution in [0.3, 0.4) is 0 Å². The Balaban J connectivity index is 1.59. The molecule has 1 nitrogen and oxygen atoms in total. The van der Waals surface area contributed by atoms with Crippen LogP contribution < -0.4 is 0 Å². The topological polar surface area (TPSA) is 9.23 Å². The predicted octanol–water partition coefficient (Wildman–Crippen LogP) is 4.51. The van der Waals surface area contributed by atoms with Crippen LogP contribution in [0.4, 0.5) is 0 Å². The van der Waals surface area contributed by atoms with Crippen molar-refractivity contribution >= 4 is 28.4 Å². The number of rotatable bonds is 6. The third-order valence-corrected chi connectivity index (χ3v) is 4.14. The van der Waals surface area contributed by atoms with Crippen LogP contribution in [0.25, 0.3) is 0 Å². The van der Waals surface area contributed by atoms with E-state index < -0.39 is 0 Å². The van der Waals surface area contributed by atoms with Gasteiger partial charge in [-0.2, -0.15) is 0 Å². The third kappa shape index (κ3) is 5.76. The molecule has 0 fully saturated rings. The second-order valence-corrected chi connectivity index (χ2v) is 6.12. The number of aryl methyl sites for hydroxylation is 1. The molecule has 0 bridgehead atoms. The minimum atomic E-state index is 0.650. The molecule has 0 aliphatic heterocycles. The van der Waals surface area contributed by atoms with Gasteiger partial charge in [0.2, 0.25) is 4.38 Å². The highest BCUT2D eigenvalue weighted by Crippen LogP contribution is 2.11. The van der Waals surface area contributed by atoms with E-state index in [1.807, 2.05) is 24.3 Å². The number of thiocarbonyl (C=S) groups is 1. The Morgan fingerprint density at radius 2 is 1.40 bits per heavy atom. The quantitative estimate of drug-likeness (QED) is 0.727. The largest absolute Gasteiger partial charge is 0.478 e. The molecule has 0 aromatic heterocycles. The summed E-state index contributed by atoms with van der Waals surface area (Å²) in [6.45, 7) is 0.654. The lowest BCUT2D eigenvalue weighted by atomic mass is 10.2. The average molecular weight is 302 g/mol. The number of benzene rings is 2. The Hall–Kier alpha value is -1.32. The average Bonchev–Trinajstić information content (AvgIpc) is 2.49. The number of ether oxygens (including phenoxy) is 1. The van der Waals surface area contributed by atoms with Crippen LogP contribution in [0.2, 0.25) is 0 Å². The van der Waals surface area contributed by atoms with Gasteiger partial charge in [-0.05, 0) is 29.8 Å². The highest BCUT2D eigenvalue weighted by molar-refractivity contribution is 8.22. The number of hydrogen-bond acceptors (Lipinski definition) is 3. The van der Waals surface area contributed by atoms with E-state index in [2.05, 4.69) is 36.4 Å². The van der Waals surface area contributed by atoms with Gasteiger partial charge < -0.3 is 4.74 Å². The van der Waals surface area contributed by atoms with Gasteiger partial charge in [0.25, 0.3) is 0 Å². The maximum absolute atomic E-state index is 5.58. The molecule has 0 heterocycles. The van der Waals surface area contributed by atoms with Crippen LogP contribution in [0.5, 0.6) is 0 Å². The summed E-state index contributed by atoms with van der Waals surface area (Å²) in [5.74, 6) is 0.966. The van der Waals surface area contributed by atoms with E-state index in [-0.39, 0.29) is 0 Å².